The number of hydrogen-bond donors (Lipinski definition) is 0. The van der Waals surface area contributed by atoms with Gasteiger partial charge in [-0.2, -0.15) is 0 Å². The van der Waals surface area contributed by atoms with Gasteiger partial charge >= 0.3 is 0 Å². The van der Waals surface area contributed by atoms with E-state index in [-0.39, 0.29) is 5.41 Å². The molecule has 0 saturated carbocycles. The van der Waals surface area contributed by atoms with Gasteiger partial charge in [0.1, 0.15) is 5.75 Å². The molecule has 2 aromatic carbocycles. The largest absolute Gasteiger partial charge is 0.465 e. The summed E-state index contributed by atoms with van der Waals surface area (Å²) in [6.07, 6.45) is 1.47. The van der Waals surface area contributed by atoms with E-state index < -0.39 is 0 Å². The normalized spacial score (nSPS) is 16.4. The van der Waals surface area contributed by atoms with Gasteiger partial charge < -0.3 is 9.47 Å². The summed E-state index contributed by atoms with van der Waals surface area (Å²) < 4.78 is 11.0. The average Bonchev–Trinajstić information content (AvgIpc) is 2.41. The standard InChI is InChI=1S/C17H16O2/c1-2-19-16-11-7-6-10-15(16)17(12-18-13-17)14-8-4-3-5-9-14/h2-11H,1,12-13H2. The van der Waals surface area contributed by atoms with E-state index in [9.17, 15) is 0 Å². The third-order valence-corrected chi connectivity index (χ3v) is 3.64. The monoisotopic (exact) mass is 252 g/mol. The van der Waals surface area contributed by atoms with Gasteiger partial charge in [-0.05, 0) is 11.6 Å². The van der Waals surface area contributed by atoms with E-state index >= 15 is 0 Å². The minimum atomic E-state index is -0.0964. The van der Waals surface area contributed by atoms with Gasteiger partial charge in [0.2, 0.25) is 0 Å². The SMILES string of the molecule is C=COc1ccccc1C1(c2ccccc2)COC1. The van der Waals surface area contributed by atoms with Gasteiger partial charge in [0.05, 0.1) is 24.9 Å². The first-order chi connectivity index (χ1) is 9.37. The lowest BCUT2D eigenvalue weighted by Gasteiger charge is -2.43. The van der Waals surface area contributed by atoms with Crippen LogP contribution in [0, 0.1) is 0 Å². The van der Waals surface area contributed by atoms with Crippen LogP contribution in [-0.2, 0) is 10.2 Å². The molecular formula is C17H16O2. The zero-order valence-electron chi connectivity index (χ0n) is 10.7. The van der Waals surface area contributed by atoms with E-state index in [1.165, 1.54) is 11.8 Å². The predicted octanol–water partition coefficient (Wildman–Crippen LogP) is 3.53. The average molecular weight is 252 g/mol. The lowest BCUT2D eigenvalue weighted by atomic mass is 9.72. The molecule has 0 aliphatic carbocycles. The van der Waals surface area contributed by atoms with Gasteiger partial charge in [0.25, 0.3) is 0 Å². The number of ether oxygens (including phenoxy) is 2. The fourth-order valence-corrected chi connectivity index (χ4v) is 2.60. The fraction of sp³-hybridized carbons (Fsp3) is 0.176. The molecule has 0 bridgehead atoms. The van der Waals surface area contributed by atoms with Gasteiger partial charge in [0, 0.05) is 5.56 Å². The zero-order valence-corrected chi connectivity index (χ0v) is 10.7. The molecule has 1 aliphatic rings. The van der Waals surface area contributed by atoms with E-state index in [2.05, 4.69) is 36.9 Å². The van der Waals surface area contributed by atoms with E-state index in [0.29, 0.717) is 13.2 Å². The Balaban J connectivity index is 2.10. The van der Waals surface area contributed by atoms with Gasteiger partial charge in [-0.3, -0.25) is 0 Å². The second-order valence-corrected chi connectivity index (χ2v) is 4.72. The van der Waals surface area contributed by atoms with Crippen molar-refractivity contribution >= 4 is 0 Å². The number of benzene rings is 2. The van der Waals surface area contributed by atoms with E-state index in [0.717, 1.165) is 11.3 Å². The molecule has 1 saturated heterocycles. The summed E-state index contributed by atoms with van der Waals surface area (Å²) in [6.45, 7) is 5.02. The second-order valence-electron chi connectivity index (χ2n) is 4.72. The molecule has 0 aromatic heterocycles. The first kappa shape index (κ1) is 12.0. The van der Waals surface area contributed by atoms with Gasteiger partial charge in [-0.1, -0.05) is 55.1 Å². The molecular weight excluding hydrogens is 236 g/mol. The molecule has 2 nitrogen and oxygen atoms in total. The summed E-state index contributed by atoms with van der Waals surface area (Å²) in [7, 11) is 0. The highest BCUT2D eigenvalue weighted by atomic mass is 16.5. The smallest absolute Gasteiger partial charge is 0.130 e. The van der Waals surface area contributed by atoms with Gasteiger partial charge in [-0.15, -0.1) is 0 Å². The molecule has 1 aliphatic heterocycles. The molecule has 0 unspecified atom stereocenters. The Morgan fingerprint density at radius 3 is 2.32 bits per heavy atom. The Morgan fingerprint density at radius 1 is 1.00 bits per heavy atom. The number of para-hydroxylation sites is 1. The van der Waals surface area contributed by atoms with Crippen molar-refractivity contribution in [3.8, 4) is 5.75 Å². The minimum absolute atomic E-state index is 0.0964. The van der Waals surface area contributed by atoms with Crippen LogP contribution in [0.15, 0.2) is 67.4 Å². The first-order valence-corrected chi connectivity index (χ1v) is 6.37. The third kappa shape index (κ3) is 1.94. The molecule has 0 radical (unpaired) electrons. The van der Waals surface area contributed by atoms with Crippen LogP contribution in [0.3, 0.4) is 0 Å². The summed E-state index contributed by atoms with van der Waals surface area (Å²) in [4.78, 5) is 0. The molecule has 0 spiro atoms. The van der Waals surface area contributed by atoms with Crippen molar-refractivity contribution in [2.24, 2.45) is 0 Å². The highest BCUT2D eigenvalue weighted by molar-refractivity contribution is 5.49. The molecule has 2 heteroatoms. The summed E-state index contributed by atoms with van der Waals surface area (Å²) >= 11 is 0. The molecule has 1 fully saturated rings. The topological polar surface area (TPSA) is 18.5 Å². The Labute approximate surface area is 113 Å². The molecule has 0 amide bonds. The second kappa shape index (κ2) is 4.90. The van der Waals surface area contributed by atoms with Crippen LogP contribution in [0.25, 0.3) is 0 Å². The predicted molar refractivity (Wildman–Crippen MR) is 75.3 cm³/mol. The van der Waals surface area contributed by atoms with Crippen LogP contribution in [-0.4, -0.2) is 13.2 Å². The van der Waals surface area contributed by atoms with Crippen molar-refractivity contribution in [2.75, 3.05) is 13.2 Å². The summed E-state index contributed by atoms with van der Waals surface area (Å²) in [6, 6.07) is 18.5. The van der Waals surface area contributed by atoms with Crippen LogP contribution in [0.2, 0.25) is 0 Å². The van der Waals surface area contributed by atoms with Crippen LogP contribution < -0.4 is 4.74 Å². The van der Waals surface area contributed by atoms with Crippen molar-refractivity contribution in [3.63, 3.8) is 0 Å². The van der Waals surface area contributed by atoms with Crippen LogP contribution >= 0.6 is 0 Å². The van der Waals surface area contributed by atoms with Crippen molar-refractivity contribution < 1.29 is 9.47 Å². The Bertz CT molecular complexity index is 571. The maximum atomic E-state index is 5.55. The third-order valence-electron chi connectivity index (χ3n) is 3.64. The van der Waals surface area contributed by atoms with Crippen molar-refractivity contribution in [3.05, 3.63) is 78.6 Å². The summed E-state index contributed by atoms with van der Waals surface area (Å²) in [5.41, 5.74) is 2.33. The van der Waals surface area contributed by atoms with E-state index in [4.69, 9.17) is 9.47 Å². The molecule has 3 rings (SSSR count). The molecule has 1 heterocycles. The molecule has 19 heavy (non-hydrogen) atoms. The van der Waals surface area contributed by atoms with E-state index in [1.807, 2.05) is 24.3 Å². The van der Waals surface area contributed by atoms with Crippen LogP contribution in [0.1, 0.15) is 11.1 Å². The summed E-state index contributed by atoms with van der Waals surface area (Å²) in [5, 5.41) is 0. The lowest BCUT2D eigenvalue weighted by Crippen LogP contribution is -2.47. The highest BCUT2D eigenvalue weighted by Gasteiger charge is 2.43. The Morgan fingerprint density at radius 2 is 1.68 bits per heavy atom. The van der Waals surface area contributed by atoms with Crippen molar-refractivity contribution in [1.29, 1.82) is 0 Å². The summed E-state index contributed by atoms with van der Waals surface area (Å²) in [5.74, 6) is 0.852. The van der Waals surface area contributed by atoms with Crippen LogP contribution in [0.5, 0.6) is 5.75 Å². The maximum Gasteiger partial charge on any atom is 0.130 e. The number of rotatable bonds is 4. The first-order valence-electron chi connectivity index (χ1n) is 6.37. The Hall–Kier alpha value is -2.06. The minimum Gasteiger partial charge on any atom is -0.465 e. The van der Waals surface area contributed by atoms with Gasteiger partial charge in [0.15, 0.2) is 0 Å². The Kier molecular flexibility index (Phi) is 3.10. The van der Waals surface area contributed by atoms with Crippen molar-refractivity contribution in [1.82, 2.24) is 0 Å². The van der Waals surface area contributed by atoms with E-state index in [1.54, 1.807) is 0 Å². The van der Waals surface area contributed by atoms with Crippen molar-refractivity contribution in [2.45, 2.75) is 5.41 Å². The maximum absolute atomic E-state index is 5.55. The molecule has 0 atom stereocenters. The van der Waals surface area contributed by atoms with Gasteiger partial charge in [-0.25, -0.2) is 0 Å². The lowest BCUT2D eigenvalue weighted by molar-refractivity contribution is -0.0387. The van der Waals surface area contributed by atoms with Crippen LogP contribution in [0.4, 0.5) is 0 Å². The quantitative estimate of drug-likeness (QED) is 0.775. The molecule has 96 valence electrons. The molecule has 0 N–H and O–H groups in total. The highest BCUT2D eigenvalue weighted by Crippen LogP contribution is 2.43. The zero-order chi connectivity index (χ0) is 13.1. The number of hydrogen-bond acceptors (Lipinski definition) is 2. The fourth-order valence-electron chi connectivity index (χ4n) is 2.60. The molecule has 2 aromatic rings.